The number of H-pyrrole nitrogens is 1. The van der Waals surface area contributed by atoms with Crippen molar-refractivity contribution in [2.75, 3.05) is 13.2 Å². The van der Waals surface area contributed by atoms with Crippen LogP contribution in [-0.2, 0) is 9.53 Å². The molecule has 0 spiro atoms. The number of aromatic amines is 1. The molecule has 6 nitrogen and oxygen atoms in total. The van der Waals surface area contributed by atoms with Crippen LogP contribution < -0.4 is 5.56 Å². The molecule has 1 amide bonds. The molecule has 1 aromatic heterocycles. The number of hydrogen-bond acceptors (Lipinski definition) is 4. The molecule has 1 N–H and O–H groups in total. The topological polar surface area (TPSA) is 79.5 Å². The lowest BCUT2D eigenvalue weighted by Gasteiger charge is -2.35. The minimum absolute atomic E-state index is 0.172. The molecule has 1 fully saturated rings. The van der Waals surface area contributed by atoms with Gasteiger partial charge in [-0.05, 0) is 31.7 Å². The summed E-state index contributed by atoms with van der Waals surface area (Å²) in [4.78, 5) is 41.0. The summed E-state index contributed by atoms with van der Waals surface area (Å²) in [6.07, 6.45) is 4.00. The van der Waals surface area contributed by atoms with Crippen LogP contribution in [0, 0.1) is 0 Å². The standard InChI is InChI=1S/C19H22N2O4/c1-2-13-7-5-6-10-21(13)18(23)12-25-19(24)15-11-17(22)20-16-9-4-3-8-14(15)16/h3-4,8-9,11,13H,2,5-7,10,12H2,1H3,(H,20,22)/t13-/m0/s1. The first-order chi connectivity index (χ1) is 12.1. The Morgan fingerprint density at radius 1 is 1.28 bits per heavy atom. The number of hydrogen-bond donors (Lipinski definition) is 1. The highest BCUT2D eigenvalue weighted by Gasteiger charge is 2.26. The number of nitrogens with one attached hydrogen (secondary N) is 1. The number of pyridine rings is 1. The van der Waals surface area contributed by atoms with Gasteiger partial charge in [0.15, 0.2) is 6.61 Å². The third-order valence-electron chi connectivity index (χ3n) is 4.72. The number of esters is 1. The molecule has 3 rings (SSSR count). The van der Waals surface area contributed by atoms with E-state index in [1.807, 2.05) is 4.90 Å². The molecule has 1 aromatic carbocycles. The average Bonchev–Trinajstić information content (AvgIpc) is 2.65. The van der Waals surface area contributed by atoms with E-state index >= 15 is 0 Å². The van der Waals surface area contributed by atoms with Crippen LogP contribution in [0.3, 0.4) is 0 Å². The lowest BCUT2D eigenvalue weighted by atomic mass is 10.00. The number of aromatic nitrogens is 1. The van der Waals surface area contributed by atoms with Gasteiger partial charge in [-0.25, -0.2) is 4.79 Å². The number of rotatable bonds is 4. The monoisotopic (exact) mass is 342 g/mol. The zero-order valence-corrected chi connectivity index (χ0v) is 14.3. The van der Waals surface area contributed by atoms with E-state index in [0.717, 1.165) is 25.7 Å². The van der Waals surface area contributed by atoms with Gasteiger partial charge in [0.1, 0.15) is 0 Å². The zero-order chi connectivity index (χ0) is 17.8. The molecule has 2 aromatic rings. The Bertz CT molecular complexity index is 843. The number of benzene rings is 1. The van der Waals surface area contributed by atoms with Crippen molar-refractivity contribution in [3.63, 3.8) is 0 Å². The Kier molecular flexibility index (Phi) is 5.16. The van der Waals surface area contributed by atoms with Gasteiger partial charge < -0.3 is 14.6 Å². The fourth-order valence-corrected chi connectivity index (χ4v) is 3.41. The molecule has 1 saturated heterocycles. The quantitative estimate of drug-likeness (QED) is 0.866. The number of nitrogens with zero attached hydrogens (tertiary/aromatic N) is 1. The van der Waals surface area contributed by atoms with Crippen LogP contribution in [0.15, 0.2) is 35.1 Å². The summed E-state index contributed by atoms with van der Waals surface area (Å²) in [6, 6.07) is 8.45. The summed E-state index contributed by atoms with van der Waals surface area (Å²) in [7, 11) is 0. The molecule has 132 valence electrons. The smallest absolute Gasteiger partial charge is 0.339 e. The van der Waals surface area contributed by atoms with Crippen molar-refractivity contribution in [2.45, 2.75) is 38.6 Å². The van der Waals surface area contributed by atoms with E-state index in [4.69, 9.17) is 4.74 Å². The van der Waals surface area contributed by atoms with Crippen molar-refractivity contribution in [3.05, 3.63) is 46.2 Å². The molecular formula is C19H22N2O4. The predicted octanol–water partition coefficient (Wildman–Crippen LogP) is 2.48. The molecule has 0 bridgehead atoms. The minimum atomic E-state index is -0.652. The van der Waals surface area contributed by atoms with Crippen molar-refractivity contribution in [3.8, 4) is 0 Å². The van der Waals surface area contributed by atoms with Crippen LogP contribution in [-0.4, -0.2) is 41.0 Å². The van der Waals surface area contributed by atoms with Gasteiger partial charge in [0.25, 0.3) is 5.91 Å². The van der Waals surface area contributed by atoms with Gasteiger partial charge in [0.2, 0.25) is 5.56 Å². The fourth-order valence-electron chi connectivity index (χ4n) is 3.41. The highest BCUT2D eigenvalue weighted by atomic mass is 16.5. The van der Waals surface area contributed by atoms with E-state index in [9.17, 15) is 14.4 Å². The Balaban J connectivity index is 1.73. The van der Waals surface area contributed by atoms with E-state index < -0.39 is 5.97 Å². The van der Waals surface area contributed by atoms with Gasteiger partial charge in [0.05, 0.1) is 5.56 Å². The number of ether oxygens (including phenoxy) is 1. The molecule has 2 heterocycles. The zero-order valence-electron chi connectivity index (χ0n) is 14.3. The van der Waals surface area contributed by atoms with E-state index in [-0.39, 0.29) is 29.7 Å². The second-order valence-electron chi connectivity index (χ2n) is 6.31. The summed E-state index contributed by atoms with van der Waals surface area (Å²) >= 11 is 0. The van der Waals surface area contributed by atoms with Crippen molar-refractivity contribution >= 4 is 22.8 Å². The minimum Gasteiger partial charge on any atom is -0.452 e. The molecule has 0 radical (unpaired) electrons. The molecule has 0 aliphatic carbocycles. The third kappa shape index (κ3) is 3.73. The maximum Gasteiger partial charge on any atom is 0.339 e. The second kappa shape index (κ2) is 7.51. The molecule has 25 heavy (non-hydrogen) atoms. The number of carbonyl (C=O) groups excluding carboxylic acids is 2. The molecule has 0 saturated carbocycles. The lowest BCUT2D eigenvalue weighted by Crippen LogP contribution is -2.45. The normalized spacial score (nSPS) is 17.5. The van der Waals surface area contributed by atoms with Gasteiger partial charge in [-0.2, -0.15) is 0 Å². The molecular weight excluding hydrogens is 320 g/mol. The van der Waals surface area contributed by atoms with E-state index in [1.165, 1.54) is 6.07 Å². The van der Waals surface area contributed by atoms with E-state index in [0.29, 0.717) is 17.4 Å². The van der Waals surface area contributed by atoms with Crippen LogP contribution in [0.4, 0.5) is 0 Å². The van der Waals surface area contributed by atoms with E-state index in [1.54, 1.807) is 24.3 Å². The number of piperidine rings is 1. The van der Waals surface area contributed by atoms with Crippen molar-refractivity contribution in [2.24, 2.45) is 0 Å². The van der Waals surface area contributed by atoms with Crippen LogP contribution in [0.5, 0.6) is 0 Å². The highest BCUT2D eigenvalue weighted by Crippen LogP contribution is 2.20. The first kappa shape index (κ1) is 17.2. The first-order valence-corrected chi connectivity index (χ1v) is 8.69. The largest absolute Gasteiger partial charge is 0.452 e. The fraction of sp³-hybridized carbons (Fsp3) is 0.421. The first-order valence-electron chi connectivity index (χ1n) is 8.69. The van der Waals surface area contributed by atoms with Gasteiger partial charge in [-0.1, -0.05) is 25.1 Å². The van der Waals surface area contributed by atoms with Crippen LogP contribution in [0.1, 0.15) is 43.0 Å². The Labute approximate surface area is 145 Å². The van der Waals surface area contributed by atoms with Crippen molar-refractivity contribution in [1.29, 1.82) is 0 Å². The predicted molar refractivity (Wildman–Crippen MR) is 94.5 cm³/mol. The van der Waals surface area contributed by atoms with Gasteiger partial charge in [-0.15, -0.1) is 0 Å². The van der Waals surface area contributed by atoms with Crippen LogP contribution in [0.2, 0.25) is 0 Å². The SMILES string of the molecule is CC[C@H]1CCCCN1C(=O)COC(=O)c1cc(=O)[nH]c2ccccc12. The lowest BCUT2D eigenvalue weighted by molar-refractivity contribution is -0.138. The molecule has 0 unspecified atom stereocenters. The second-order valence-corrected chi connectivity index (χ2v) is 6.31. The maximum atomic E-state index is 12.4. The molecule has 1 atom stereocenters. The number of para-hydroxylation sites is 1. The van der Waals surface area contributed by atoms with Gasteiger partial charge in [0, 0.05) is 29.6 Å². The van der Waals surface area contributed by atoms with Gasteiger partial charge >= 0.3 is 5.97 Å². The Morgan fingerprint density at radius 2 is 2.08 bits per heavy atom. The van der Waals surface area contributed by atoms with Crippen molar-refractivity contribution in [1.82, 2.24) is 9.88 Å². The van der Waals surface area contributed by atoms with Crippen LogP contribution >= 0.6 is 0 Å². The van der Waals surface area contributed by atoms with Gasteiger partial charge in [-0.3, -0.25) is 9.59 Å². The molecule has 6 heteroatoms. The highest BCUT2D eigenvalue weighted by molar-refractivity contribution is 6.03. The van der Waals surface area contributed by atoms with Crippen LogP contribution in [0.25, 0.3) is 10.9 Å². The number of fused-ring (bicyclic) bond motifs is 1. The number of carbonyl (C=O) groups is 2. The molecule has 1 aliphatic heterocycles. The summed E-state index contributed by atoms with van der Waals surface area (Å²) in [5.74, 6) is -0.824. The van der Waals surface area contributed by atoms with E-state index in [2.05, 4.69) is 11.9 Å². The summed E-state index contributed by atoms with van der Waals surface area (Å²) < 4.78 is 5.22. The number of likely N-dealkylation sites (tertiary alicyclic amines) is 1. The summed E-state index contributed by atoms with van der Waals surface area (Å²) in [6.45, 7) is 2.48. The maximum absolute atomic E-state index is 12.4. The average molecular weight is 342 g/mol. The Hall–Kier alpha value is -2.63. The van der Waals surface area contributed by atoms with Crippen molar-refractivity contribution < 1.29 is 14.3 Å². The number of amides is 1. The third-order valence-corrected chi connectivity index (χ3v) is 4.72. The summed E-state index contributed by atoms with van der Waals surface area (Å²) in [5.41, 5.74) is 0.368. The molecule has 1 aliphatic rings. The Morgan fingerprint density at radius 3 is 2.88 bits per heavy atom. The summed E-state index contributed by atoms with van der Waals surface area (Å²) in [5, 5.41) is 0.601.